The number of carbonyl (C=O) groups excluding carboxylic acids is 1. The molecule has 14 heavy (non-hydrogen) atoms. The number of aryl methyl sites for hydroxylation is 1. The first-order chi connectivity index (χ1) is 6.56. The van der Waals surface area contributed by atoms with Crippen LogP contribution < -0.4 is 9.69 Å². The fraction of sp³-hybridized carbons (Fsp3) is 0.125. The molecule has 0 bridgehead atoms. The number of hydrogen-bond acceptors (Lipinski definition) is 2. The van der Waals surface area contributed by atoms with E-state index in [1.807, 2.05) is 0 Å². The topological polar surface area (TPSA) is 61.5 Å². The molecule has 0 saturated carbocycles. The summed E-state index contributed by atoms with van der Waals surface area (Å²) in [6.07, 6.45) is 1.21. The van der Waals surface area contributed by atoms with Crippen LogP contribution in [0.3, 0.4) is 0 Å². The highest BCUT2D eigenvalue weighted by atomic mass is 19.2. The summed E-state index contributed by atoms with van der Waals surface area (Å²) in [6, 6.07) is 2.42. The summed E-state index contributed by atoms with van der Waals surface area (Å²) in [6.45, 7) is 0. The van der Waals surface area contributed by atoms with Gasteiger partial charge >= 0.3 is 18.2 Å². The molecule has 0 aromatic carbocycles. The van der Waals surface area contributed by atoms with Gasteiger partial charge in [-0.15, -0.1) is 0 Å². The van der Waals surface area contributed by atoms with Crippen molar-refractivity contribution in [2.75, 3.05) is 5.12 Å². The zero-order chi connectivity index (χ0) is 10.7. The second-order valence-electron chi connectivity index (χ2n) is 2.61. The molecular formula is C8H8FN2O3+. The standard InChI is InChI=1S/C8H7FN2O3/c1-10-4-6(8(13)14)2-3-7(10)11(9)5-12/h2-5H,1H3/p+1. The van der Waals surface area contributed by atoms with Crippen molar-refractivity contribution in [1.82, 2.24) is 0 Å². The normalized spacial score (nSPS) is 9.57. The Morgan fingerprint density at radius 3 is 2.71 bits per heavy atom. The van der Waals surface area contributed by atoms with Gasteiger partial charge in [-0.1, -0.05) is 0 Å². The highest BCUT2D eigenvalue weighted by Gasteiger charge is 2.18. The number of halogens is 1. The van der Waals surface area contributed by atoms with Gasteiger partial charge in [0.1, 0.15) is 6.20 Å². The van der Waals surface area contributed by atoms with Crippen molar-refractivity contribution in [3.05, 3.63) is 23.9 Å². The Balaban J connectivity index is 3.13. The lowest BCUT2D eigenvalue weighted by Gasteiger charge is -2.01. The Labute approximate surface area is 78.9 Å². The van der Waals surface area contributed by atoms with Crippen molar-refractivity contribution in [3.63, 3.8) is 0 Å². The molecule has 0 aliphatic rings. The van der Waals surface area contributed by atoms with E-state index in [1.165, 1.54) is 29.9 Å². The number of pyridine rings is 1. The van der Waals surface area contributed by atoms with Crippen molar-refractivity contribution in [3.8, 4) is 0 Å². The van der Waals surface area contributed by atoms with Crippen molar-refractivity contribution in [1.29, 1.82) is 0 Å². The Morgan fingerprint density at radius 2 is 2.29 bits per heavy atom. The van der Waals surface area contributed by atoms with E-state index in [9.17, 15) is 14.1 Å². The van der Waals surface area contributed by atoms with Crippen LogP contribution in [-0.2, 0) is 11.8 Å². The maximum absolute atomic E-state index is 12.8. The average molecular weight is 199 g/mol. The van der Waals surface area contributed by atoms with Gasteiger partial charge in [0, 0.05) is 15.7 Å². The molecule has 0 atom stereocenters. The fourth-order valence-corrected chi connectivity index (χ4v) is 1.00. The third-order valence-corrected chi connectivity index (χ3v) is 1.66. The lowest BCUT2D eigenvalue weighted by Crippen LogP contribution is -2.35. The predicted octanol–water partition coefficient (Wildman–Crippen LogP) is 0.0566. The van der Waals surface area contributed by atoms with Crippen LogP contribution in [0.2, 0.25) is 0 Å². The van der Waals surface area contributed by atoms with Crippen LogP contribution in [0, 0.1) is 0 Å². The first-order valence-electron chi connectivity index (χ1n) is 3.69. The van der Waals surface area contributed by atoms with Crippen LogP contribution in [0.25, 0.3) is 0 Å². The van der Waals surface area contributed by atoms with Gasteiger partial charge in [0.25, 0.3) is 0 Å². The van der Waals surface area contributed by atoms with Gasteiger partial charge in [0.15, 0.2) is 0 Å². The molecule has 0 unspecified atom stereocenters. The number of nitrogens with zero attached hydrogens (tertiary/aromatic N) is 2. The van der Waals surface area contributed by atoms with E-state index >= 15 is 0 Å². The largest absolute Gasteiger partial charge is 0.478 e. The molecule has 5 nitrogen and oxygen atoms in total. The lowest BCUT2D eigenvalue weighted by molar-refractivity contribution is -0.659. The zero-order valence-corrected chi connectivity index (χ0v) is 7.35. The Hall–Kier alpha value is -1.98. The molecular weight excluding hydrogens is 191 g/mol. The van der Waals surface area contributed by atoms with Crippen molar-refractivity contribution < 1.29 is 23.7 Å². The zero-order valence-electron chi connectivity index (χ0n) is 7.35. The summed E-state index contributed by atoms with van der Waals surface area (Å²) >= 11 is 0. The van der Waals surface area contributed by atoms with Crippen LogP contribution in [0.5, 0.6) is 0 Å². The van der Waals surface area contributed by atoms with Gasteiger partial charge < -0.3 is 5.11 Å². The number of aromatic nitrogens is 1. The molecule has 0 radical (unpaired) electrons. The fourth-order valence-electron chi connectivity index (χ4n) is 1.00. The molecule has 1 heterocycles. The van der Waals surface area contributed by atoms with E-state index in [1.54, 1.807) is 0 Å². The Bertz CT molecular complexity index is 381. The molecule has 0 spiro atoms. The van der Waals surface area contributed by atoms with Gasteiger partial charge in [-0.05, 0) is 6.07 Å². The number of amides is 1. The van der Waals surface area contributed by atoms with Crippen molar-refractivity contribution in [2.24, 2.45) is 7.05 Å². The predicted molar refractivity (Wildman–Crippen MR) is 44.2 cm³/mol. The number of carboxylic acids is 1. The highest BCUT2D eigenvalue weighted by molar-refractivity contribution is 5.87. The van der Waals surface area contributed by atoms with Crippen LogP contribution in [0.4, 0.5) is 10.3 Å². The minimum Gasteiger partial charge on any atom is -0.478 e. The van der Waals surface area contributed by atoms with Gasteiger partial charge in [0.05, 0.1) is 12.6 Å². The van der Waals surface area contributed by atoms with Crippen LogP contribution in [-0.4, -0.2) is 17.5 Å². The van der Waals surface area contributed by atoms with E-state index in [0.717, 1.165) is 0 Å². The minimum atomic E-state index is -1.11. The summed E-state index contributed by atoms with van der Waals surface area (Å²) in [5.41, 5.74) is 0.0237. The second kappa shape index (κ2) is 3.82. The molecule has 1 rings (SSSR count). The van der Waals surface area contributed by atoms with Gasteiger partial charge in [-0.2, -0.15) is 0 Å². The maximum Gasteiger partial charge on any atom is 0.339 e. The van der Waals surface area contributed by atoms with Crippen LogP contribution in [0.15, 0.2) is 18.3 Å². The molecule has 0 aliphatic carbocycles. The average Bonchev–Trinajstić information content (AvgIpc) is 2.16. The van der Waals surface area contributed by atoms with Crippen LogP contribution in [0.1, 0.15) is 10.4 Å². The van der Waals surface area contributed by atoms with E-state index < -0.39 is 5.97 Å². The minimum absolute atomic E-state index is 0.00419. The van der Waals surface area contributed by atoms with Crippen LogP contribution >= 0.6 is 0 Å². The number of carboxylic acid groups (broad SMARTS) is 1. The molecule has 1 N–H and O–H groups in total. The number of hydrogen-bond donors (Lipinski definition) is 1. The highest BCUT2D eigenvalue weighted by Crippen LogP contribution is 2.07. The summed E-state index contributed by atoms with van der Waals surface area (Å²) in [5.74, 6) is -1.14. The SMILES string of the molecule is C[n+]1cc(C(=O)O)ccc1N(F)C=O. The Morgan fingerprint density at radius 1 is 1.64 bits per heavy atom. The van der Waals surface area contributed by atoms with Crippen molar-refractivity contribution >= 4 is 18.2 Å². The molecule has 1 aromatic rings. The molecule has 0 aliphatic heterocycles. The summed E-state index contributed by atoms with van der Waals surface area (Å²) in [4.78, 5) is 20.6. The van der Waals surface area contributed by atoms with E-state index in [0.29, 0.717) is 0 Å². The van der Waals surface area contributed by atoms with Crippen molar-refractivity contribution in [2.45, 2.75) is 0 Å². The first-order valence-corrected chi connectivity index (χ1v) is 3.69. The third-order valence-electron chi connectivity index (χ3n) is 1.66. The third kappa shape index (κ3) is 1.85. The lowest BCUT2D eigenvalue weighted by atomic mass is 10.3. The van der Waals surface area contributed by atoms with E-state index in [-0.39, 0.29) is 22.9 Å². The maximum atomic E-state index is 12.8. The molecule has 0 fully saturated rings. The summed E-state index contributed by atoms with van der Waals surface area (Å²) in [7, 11) is 1.44. The molecule has 1 amide bonds. The number of carbonyl (C=O) groups is 2. The molecule has 74 valence electrons. The number of anilines is 1. The smallest absolute Gasteiger partial charge is 0.339 e. The number of rotatable bonds is 3. The molecule has 0 saturated heterocycles. The van der Waals surface area contributed by atoms with E-state index in [2.05, 4.69) is 0 Å². The van der Waals surface area contributed by atoms with Gasteiger partial charge in [-0.3, -0.25) is 0 Å². The second-order valence-corrected chi connectivity index (χ2v) is 2.61. The molecule has 6 heteroatoms. The Kier molecular flexibility index (Phi) is 2.76. The quantitative estimate of drug-likeness (QED) is 0.425. The summed E-state index contributed by atoms with van der Waals surface area (Å²) < 4.78 is 14.0. The molecule has 1 aromatic heterocycles. The van der Waals surface area contributed by atoms with E-state index in [4.69, 9.17) is 5.11 Å². The first kappa shape index (κ1) is 10.1. The number of aromatic carboxylic acids is 1. The monoisotopic (exact) mass is 199 g/mol. The van der Waals surface area contributed by atoms with Gasteiger partial charge in [-0.25, -0.2) is 14.2 Å². The summed E-state index contributed by atoms with van der Waals surface area (Å²) in [5, 5.41) is 8.47. The van der Waals surface area contributed by atoms with Gasteiger partial charge in [0.2, 0.25) is 0 Å².